The monoisotopic (exact) mass is 640 g/mol. The fraction of sp³-hybridized carbons (Fsp3) is 0.0417. The van der Waals surface area contributed by atoms with Crippen molar-refractivity contribution in [2.45, 2.75) is 12.8 Å². The molecule has 1 aliphatic carbocycles. The van der Waals surface area contributed by atoms with Gasteiger partial charge >= 0.3 is 0 Å². The SMILES string of the molecule is C1=C(c2ccc(N(c3ccccc3)c3ccc4c5ccccc5n(-c5cccc(-c6ccccc6)c5)c4c3)cc2)C=C(c2ccccc2)CC1. The van der Waals surface area contributed by atoms with Gasteiger partial charge in [0.25, 0.3) is 0 Å². The van der Waals surface area contributed by atoms with Crippen molar-refractivity contribution >= 4 is 50.0 Å². The molecule has 238 valence electrons. The molecule has 0 saturated heterocycles. The van der Waals surface area contributed by atoms with Crippen molar-refractivity contribution < 1.29 is 0 Å². The standard InChI is InChI=1S/C48H36N2/c1-4-14-35(15-5-1)38-18-12-19-39(32-38)37-26-28-42(29-27-37)49(41-21-8-3-9-22-41)44-30-31-46-45-24-10-11-25-47(45)50(48(46)34-44)43-23-13-20-40(33-43)36-16-6-2-7-17-36/h1-11,13-17,19-34H,12,18H2. The number of rotatable bonds is 7. The van der Waals surface area contributed by atoms with Crippen LogP contribution in [-0.2, 0) is 0 Å². The molecule has 0 N–H and O–H groups in total. The minimum Gasteiger partial charge on any atom is -0.310 e. The summed E-state index contributed by atoms with van der Waals surface area (Å²) < 4.78 is 2.42. The largest absolute Gasteiger partial charge is 0.310 e. The Kier molecular flexibility index (Phi) is 7.68. The Morgan fingerprint density at radius 1 is 0.420 bits per heavy atom. The summed E-state index contributed by atoms with van der Waals surface area (Å²) in [6.45, 7) is 0. The van der Waals surface area contributed by atoms with Gasteiger partial charge in [-0.2, -0.15) is 0 Å². The van der Waals surface area contributed by atoms with Crippen molar-refractivity contribution in [3.8, 4) is 16.8 Å². The van der Waals surface area contributed by atoms with Crippen LogP contribution >= 0.6 is 0 Å². The summed E-state index contributed by atoms with van der Waals surface area (Å²) >= 11 is 0. The maximum atomic E-state index is 2.42. The molecule has 2 nitrogen and oxygen atoms in total. The average molecular weight is 641 g/mol. The molecule has 0 unspecified atom stereocenters. The first-order valence-electron chi connectivity index (χ1n) is 17.4. The number of anilines is 3. The van der Waals surface area contributed by atoms with Crippen LogP contribution in [0, 0.1) is 0 Å². The van der Waals surface area contributed by atoms with Crippen LogP contribution in [-0.4, -0.2) is 4.57 Å². The first kappa shape index (κ1) is 29.7. The lowest BCUT2D eigenvalue weighted by Gasteiger charge is -2.26. The normalized spacial score (nSPS) is 12.9. The van der Waals surface area contributed by atoms with Crippen molar-refractivity contribution in [3.05, 3.63) is 205 Å². The molecule has 9 rings (SSSR count). The van der Waals surface area contributed by atoms with Gasteiger partial charge in [0, 0.05) is 33.5 Å². The lowest BCUT2D eigenvalue weighted by molar-refractivity contribution is 1.06. The van der Waals surface area contributed by atoms with E-state index in [0.717, 1.165) is 35.6 Å². The summed E-state index contributed by atoms with van der Waals surface area (Å²) in [5.74, 6) is 0. The molecule has 0 spiro atoms. The van der Waals surface area contributed by atoms with Crippen molar-refractivity contribution in [2.75, 3.05) is 4.90 Å². The quantitative estimate of drug-likeness (QED) is 0.168. The van der Waals surface area contributed by atoms with Crippen LogP contribution in [0.15, 0.2) is 194 Å². The predicted molar refractivity (Wildman–Crippen MR) is 213 cm³/mol. The second kappa shape index (κ2) is 12.9. The van der Waals surface area contributed by atoms with E-state index in [1.165, 1.54) is 55.2 Å². The highest BCUT2D eigenvalue weighted by atomic mass is 15.1. The number of nitrogens with zero attached hydrogens (tertiary/aromatic N) is 2. The van der Waals surface area contributed by atoms with Gasteiger partial charge in [0.2, 0.25) is 0 Å². The van der Waals surface area contributed by atoms with E-state index in [1.807, 2.05) is 0 Å². The summed E-state index contributed by atoms with van der Waals surface area (Å²) in [5.41, 5.74) is 14.5. The molecule has 0 radical (unpaired) electrons. The Balaban J connectivity index is 1.15. The van der Waals surface area contributed by atoms with Crippen LogP contribution in [0.4, 0.5) is 17.1 Å². The van der Waals surface area contributed by atoms with Crippen molar-refractivity contribution in [3.63, 3.8) is 0 Å². The first-order chi connectivity index (χ1) is 24.8. The lowest BCUT2D eigenvalue weighted by Crippen LogP contribution is -2.10. The van der Waals surface area contributed by atoms with E-state index in [2.05, 4.69) is 204 Å². The van der Waals surface area contributed by atoms with Gasteiger partial charge in [0.15, 0.2) is 0 Å². The molecule has 0 bridgehead atoms. The van der Waals surface area contributed by atoms with Gasteiger partial charge < -0.3 is 9.47 Å². The maximum Gasteiger partial charge on any atom is 0.0561 e. The van der Waals surface area contributed by atoms with Crippen molar-refractivity contribution in [2.24, 2.45) is 0 Å². The second-order valence-electron chi connectivity index (χ2n) is 12.9. The second-order valence-corrected chi connectivity index (χ2v) is 12.9. The van der Waals surface area contributed by atoms with Crippen LogP contribution < -0.4 is 4.90 Å². The van der Waals surface area contributed by atoms with E-state index in [9.17, 15) is 0 Å². The summed E-state index contributed by atoms with van der Waals surface area (Å²) in [7, 11) is 0. The van der Waals surface area contributed by atoms with Gasteiger partial charge in [-0.25, -0.2) is 0 Å². The van der Waals surface area contributed by atoms with Gasteiger partial charge in [0.05, 0.1) is 11.0 Å². The molecule has 2 heteroatoms. The summed E-state index contributed by atoms with van der Waals surface area (Å²) in [6.07, 6.45) is 6.86. The molecular formula is C48H36N2. The molecule has 0 atom stereocenters. The number of benzene rings is 7. The molecule has 0 amide bonds. The number of para-hydroxylation sites is 2. The third-order valence-corrected chi connectivity index (χ3v) is 9.85. The van der Waals surface area contributed by atoms with Gasteiger partial charge in [-0.05, 0) is 101 Å². The fourth-order valence-corrected chi connectivity index (χ4v) is 7.44. The third kappa shape index (κ3) is 5.51. The summed E-state index contributed by atoms with van der Waals surface area (Å²) in [5, 5.41) is 2.49. The average Bonchev–Trinajstić information content (AvgIpc) is 3.53. The zero-order chi connectivity index (χ0) is 33.3. The molecule has 0 fully saturated rings. The van der Waals surface area contributed by atoms with Crippen molar-refractivity contribution in [1.82, 2.24) is 4.57 Å². The highest BCUT2D eigenvalue weighted by Crippen LogP contribution is 2.40. The number of fused-ring (bicyclic) bond motifs is 3. The maximum absolute atomic E-state index is 2.42. The fourth-order valence-electron chi connectivity index (χ4n) is 7.44. The first-order valence-corrected chi connectivity index (χ1v) is 17.4. The number of hydrogen-bond donors (Lipinski definition) is 0. The number of hydrogen-bond acceptors (Lipinski definition) is 1. The van der Waals surface area contributed by atoms with Gasteiger partial charge in [0.1, 0.15) is 0 Å². The number of allylic oxidation sites excluding steroid dienone is 4. The Morgan fingerprint density at radius 2 is 1.04 bits per heavy atom. The zero-order valence-electron chi connectivity index (χ0n) is 27.8. The van der Waals surface area contributed by atoms with E-state index < -0.39 is 0 Å². The molecule has 1 aromatic heterocycles. The van der Waals surface area contributed by atoms with Gasteiger partial charge in [-0.3, -0.25) is 0 Å². The van der Waals surface area contributed by atoms with Crippen LogP contribution in [0.1, 0.15) is 24.0 Å². The number of aromatic nitrogens is 1. The van der Waals surface area contributed by atoms with Crippen LogP contribution in [0.2, 0.25) is 0 Å². The molecule has 0 saturated carbocycles. The zero-order valence-corrected chi connectivity index (χ0v) is 27.8. The van der Waals surface area contributed by atoms with E-state index >= 15 is 0 Å². The summed E-state index contributed by atoms with van der Waals surface area (Å²) in [4.78, 5) is 2.37. The molecule has 8 aromatic rings. The highest BCUT2D eigenvalue weighted by Gasteiger charge is 2.18. The van der Waals surface area contributed by atoms with Gasteiger partial charge in [-0.1, -0.05) is 140 Å². The Hall–Kier alpha value is -6.38. The molecular weight excluding hydrogens is 605 g/mol. The van der Waals surface area contributed by atoms with Crippen LogP contribution in [0.3, 0.4) is 0 Å². The topological polar surface area (TPSA) is 8.17 Å². The molecule has 1 heterocycles. The van der Waals surface area contributed by atoms with Crippen molar-refractivity contribution in [1.29, 1.82) is 0 Å². The molecule has 7 aromatic carbocycles. The third-order valence-electron chi connectivity index (χ3n) is 9.85. The molecule has 0 aliphatic heterocycles. The Morgan fingerprint density at radius 3 is 1.82 bits per heavy atom. The Labute approximate surface area is 293 Å². The van der Waals surface area contributed by atoms with E-state index in [0.29, 0.717) is 0 Å². The Bertz CT molecular complexity index is 2500. The highest BCUT2D eigenvalue weighted by molar-refractivity contribution is 6.10. The van der Waals surface area contributed by atoms with E-state index in [4.69, 9.17) is 0 Å². The smallest absolute Gasteiger partial charge is 0.0561 e. The molecule has 1 aliphatic rings. The van der Waals surface area contributed by atoms with Crippen LogP contribution in [0.25, 0.3) is 49.8 Å². The lowest BCUT2D eigenvalue weighted by atomic mass is 9.90. The minimum absolute atomic E-state index is 1.05. The molecule has 50 heavy (non-hydrogen) atoms. The van der Waals surface area contributed by atoms with Gasteiger partial charge in [-0.15, -0.1) is 0 Å². The minimum atomic E-state index is 1.05. The summed E-state index contributed by atoms with van der Waals surface area (Å²) in [6, 6.07) is 65.7. The van der Waals surface area contributed by atoms with E-state index in [1.54, 1.807) is 0 Å². The van der Waals surface area contributed by atoms with E-state index in [-0.39, 0.29) is 0 Å². The predicted octanol–water partition coefficient (Wildman–Crippen LogP) is 13.2. The van der Waals surface area contributed by atoms with Crippen LogP contribution in [0.5, 0.6) is 0 Å².